The van der Waals surface area contributed by atoms with Gasteiger partial charge in [0.05, 0.1) is 11.2 Å². The molecule has 5 heteroatoms. The minimum absolute atomic E-state index is 0.00611. The van der Waals surface area contributed by atoms with Crippen LogP contribution in [0.5, 0.6) is 0 Å². The molecule has 0 aliphatic rings. The van der Waals surface area contributed by atoms with Crippen LogP contribution >= 0.6 is 11.8 Å². The number of rotatable bonds is 6. The summed E-state index contributed by atoms with van der Waals surface area (Å²) in [7, 11) is 0. The van der Waals surface area contributed by atoms with Gasteiger partial charge in [-0.05, 0) is 42.7 Å². The third-order valence-corrected chi connectivity index (χ3v) is 4.42. The zero-order chi connectivity index (χ0) is 16.1. The zero-order valence-electron chi connectivity index (χ0n) is 13.0. The van der Waals surface area contributed by atoms with E-state index in [1.54, 1.807) is 18.0 Å². The number of nitrogens with one attached hydrogen (secondary N) is 1. The number of hydrogen-bond acceptors (Lipinski definition) is 3. The van der Waals surface area contributed by atoms with Crippen LogP contribution in [0.2, 0.25) is 0 Å². The van der Waals surface area contributed by atoms with Crippen molar-refractivity contribution in [2.45, 2.75) is 12.5 Å². The second kappa shape index (κ2) is 7.33. The number of carbonyl (C=O) groups excluding carboxylic acids is 1. The third kappa shape index (κ3) is 3.56. The lowest BCUT2D eigenvalue weighted by Crippen LogP contribution is -2.26. The molecule has 4 nitrogen and oxygen atoms in total. The van der Waals surface area contributed by atoms with E-state index in [0.29, 0.717) is 0 Å². The van der Waals surface area contributed by atoms with Crippen molar-refractivity contribution in [1.29, 1.82) is 0 Å². The lowest BCUT2D eigenvalue weighted by Gasteiger charge is -2.18. The van der Waals surface area contributed by atoms with Gasteiger partial charge in [0.15, 0.2) is 0 Å². The van der Waals surface area contributed by atoms with Gasteiger partial charge in [-0.25, -0.2) is 0 Å². The lowest BCUT2D eigenvalue weighted by atomic mass is 10.1. The number of anilines is 1. The van der Waals surface area contributed by atoms with Gasteiger partial charge in [-0.3, -0.25) is 9.78 Å². The minimum Gasteiger partial charge on any atom is -0.342 e. The van der Waals surface area contributed by atoms with E-state index < -0.39 is 0 Å². The zero-order valence-corrected chi connectivity index (χ0v) is 13.8. The summed E-state index contributed by atoms with van der Waals surface area (Å²) < 4.78 is 1.96. The van der Waals surface area contributed by atoms with Crippen LogP contribution in [-0.4, -0.2) is 27.5 Å². The van der Waals surface area contributed by atoms with Crippen molar-refractivity contribution >= 4 is 34.3 Å². The summed E-state index contributed by atoms with van der Waals surface area (Å²) in [5.41, 5.74) is 1.58. The average Bonchev–Trinajstić information content (AvgIpc) is 3.10. The van der Waals surface area contributed by atoms with E-state index in [1.807, 2.05) is 59.4 Å². The summed E-state index contributed by atoms with van der Waals surface area (Å²) in [6, 6.07) is 13.4. The predicted octanol–water partition coefficient (Wildman–Crippen LogP) is 3.97. The predicted molar refractivity (Wildman–Crippen MR) is 96.8 cm³/mol. The fourth-order valence-electron chi connectivity index (χ4n) is 2.62. The first-order chi connectivity index (χ1) is 11.3. The van der Waals surface area contributed by atoms with Crippen LogP contribution in [0.3, 0.4) is 0 Å². The Morgan fingerprint density at radius 2 is 2.00 bits per heavy atom. The van der Waals surface area contributed by atoms with E-state index in [2.05, 4.69) is 16.6 Å². The standard InChI is InChI=1S/C18H19N3OS/c1-23-13-9-16(21-11-2-3-12-21)18(22)20-15-8-4-6-14-7-5-10-19-17(14)15/h2-8,10-12,16H,9,13H2,1H3,(H,20,22). The molecule has 0 aliphatic carbocycles. The SMILES string of the molecule is CSCCC(C(=O)Nc1cccc2cccnc12)n1cccc1. The summed E-state index contributed by atoms with van der Waals surface area (Å²) in [5, 5.41) is 4.07. The van der Waals surface area contributed by atoms with Gasteiger partial charge >= 0.3 is 0 Å². The molecule has 23 heavy (non-hydrogen) atoms. The molecule has 1 amide bonds. The van der Waals surface area contributed by atoms with Crippen molar-refractivity contribution in [1.82, 2.24) is 9.55 Å². The molecule has 0 aliphatic heterocycles. The van der Waals surface area contributed by atoms with Gasteiger partial charge in [-0.15, -0.1) is 0 Å². The Morgan fingerprint density at radius 1 is 1.22 bits per heavy atom. The van der Waals surface area contributed by atoms with Crippen LogP contribution in [0, 0.1) is 0 Å². The van der Waals surface area contributed by atoms with Crippen LogP contribution in [0.1, 0.15) is 12.5 Å². The van der Waals surface area contributed by atoms with E-state index in [4.69, 9.17) is 0 Å². The molecular weight excluding hydrogens is 306 g/mol. The quantitative estimate of drug-likeness (QED) is 0.746. The molecule has 3 rings (SSSR count). The average molecular weight is 325 g/mol. The molecule has 0 radical (unpaired) electrons. The normalized spacial score (nSPS) is 12.2. The number of pyridine rings is 1. The Labute approximate surface area is 139 Å². The fourth-order valence-corrected chi connectivity index (χ4v) is 3.08. The molecule has 2 aromatic heterocycles. The van der Waals surface area contributed by atoms with Gasteiger partial charge in [0.1, 0.15) is 6.04 Å². The van der Waals surface area contributed by atoms with Crippen molar-refractivity contribution in [3.8, 4) is 0 Å². The number of fused-ring (bicyclic) bond motifs is 1. The molecule has 1 N–H and O–H groups in total. The molecule has 0 bridgehead atoms. The Bertz CT molecular complexity index is 781. The Balaban J connectivity index is 1.86. The smallest absolute Gasteiger partial charge is 0.247 e. The van der Waals surface area contributed by atoms with E-state index in [1.165, 1.54) is 0 Å². The van der Waals surface area contributed by atoms with E-state index >= 15 is 0 Å². The Hall–Kier alpha value is -2.27. The first kappa shape index (κ1) is 15.6. The number of hydrogen-bond donors (Lipinski definition) is 1. The molecule has 0 saturated heterocycles. The number of thioether (sulfide) groups is 1. The molecule has 1 atom stereocenters. The highest BCUT2D eigenvalue weighted by Gasteiger charge is 2.20. The van der Waals surface area contributed by atoms with Gasteiger partial charge < -0.3 is 9.88 Å². The summed E-state index contributed by atoms with van der Waals surface area (Å²) in [6.45, 7) is 0. The highest BCUT2D eigenvalue weighted by atomic mass is 32.2. The topological polar surface area (TPSA) is 46.9 Å². The first-order valence-corrected chi connectivity index (χ1v) is 8.95. The van der Waals surface area contributed by atoms with E-state index in [0.717, 1.165) is 28.8 Å². The maximum Gasteiger partial charge on any atom is 0.247 e. The number of nitrogens with zero attached hydrogens (tertiary/aromatic N) is 2. The van der Waals surface area contributed by atoms with E-state index in [-0.39, 0.29) is 11.9 Å². The molecule has 1 unspecified atom stereocenters. The second-order valence-corrected chi connectivity index (χ2v) is 6.28. The van der Waals surface area contributed by atoms with Crippen LogP contribution in [0.4, 0.5) is 5.69 Å². The van der Waals surface area contributed by atoms with Gasteiger partial charge in [0, 0.05) is 24.0 Å². The molecule has 0 spiro atoms. The lowest BCUT2D eigenvalue weighted by molar-refractivity contribution is -0.119. The van der Waals surface area contributed by atoms with Crippen LogP contribution in [-0.2, 0) is 4.79 Å². The molecule has 0 saturated carbocycles. The number of benzene rings is 1. The molecule has 0 fully saturated rings. The van der Waals surface area contributed by atoms with Crippen molar-refractivity contribution in [3.63, 3.8) is 0 Å². The van der Waals surface area contributed by atoms with Gasteiger partial charge in [-0.2, -0.15) is 11.8 Å². The maximum absolute atomic E-state index is 12.8. The minimum atomic E-state index is -0.212. The summed E-state index contributed by atoms with van der Waals surface area (Å²) in [6.07, 6.45) is 8.46. The first-order valence-electron chi connectivity index (χ1n) is 7.55. The number of carbonyl (C=O) groups is 1. The van der Waals surface area contributed by atoms with Crippen LogP contribution in [0.15, 0.2) is 61.1 Å². The fraction of sp³-hybridized carbons (Fsp3) is 0.222. The van der Waals surface area contributed by atoms with Gasteiger partial charge in [0.2, 0.25) is 5.91 Å². The van der Waals surface area contributed by atoms with Crippen LogP contribution < -0.4 is 5.32 Å². The van der Waals surface area contributed by atoms with Crippen molar-refractivity contribution in [2.75, 3.05) is 17.3 Å². The largest absolute Gasteiger partial charge is 0.342 e. The number of para-hydroxylation sites is 1. The second-order valence-electron chi connectivity index (χ2n) is 5.30. The molecule has 2 heterocycles. The molecular formula is C18H19N3OS. The summed E-state index contributed by atoms with van der Waals surface area (Å²) >= 11 is 1.75. The molecule has 3 aromatic rings. The molecule has 1 aromatic carbocycles. The number of aromatic nitrogens is 2. The van der Waals surface area contributed by atoms with E-state index in [9.17, 15) is 4.79 Å². The Morgan fingerprint density at radius 3 is 2.78 bits per heavy atom. The van der Waals surface area contributed by atoms with Gasteiger partial charge in [-0.1, -0.05) is 18.2 Å². The van der Waals surface area contributed by atoms with Crippen LogP contribution in [0.25, 0.3) is 10.9 Å². The van der Waals surface area contributed by atoms with Crippen molar-refractivity contribution in [3.05, 3.63) is 61.1 Å². The third-order valence-electron chi connectivity index (χ3n) is 3.78. The maximum atomic E-state index is 12.8. The molecule has 118 valence electrons. The summed E-state index contributed by atoms with van der Waals surface area (Å²) in [4.78, 5) is 17.2. The van der Waals surface area contributed by atoms with Crippen molar-refractivity contribution in [2.24, 2.45) is 0 Å². The number of amides is 1. The Kier molecular flexibility index (Phi) is 4.98. The van der Waals surface area contributed by atoms with Gasteiger partial charge in [0.25, 0.3) is 0 Å². The summed E-state index contributed by atoms with van der Waals surface area (Å²) in [5.74, 6) is 0.928. The monoisotopic (exact) mass is 325 g/mol. The highest BCUT2D eigenvalue weighted by Crippen LogP contribution is 2.23. The van der Waals surface area contributed by atoms with Crippen molar-refractivity contribution < 1.29 is 4.79 Å². The highest BCUT2D eigenvalue weighted by molar-refractivity contribution is 7.98.